The lowest BCUT2D eigenvalue weighted by atomic mass is 10.1. The lowest BCUT2D eigenvalue weighted by molar-refractivity contribution is 0.203. The lowest BCUT2D eigenvalue weighted by Crippen LogP contribution is -2.44. The van der Waals surface area contributed by atoms with Crippen LogP contribution in [0.2, 0.25) is 0 Å². The van der Waals surface area contributed by atoms with E-state index in [9.17, 15) is 0 Å². The van der Waals surface area contributed by atoms with Crippen molar-refractivity contribution in [3.8, 4) is 0 Å². The van der Waals surface area contributed by atoms with Gasteiger partial charge in [0.1, 0.15) is 4.60 Å². The van der Waals surface area contributed by atoms with Gasteiger partial charge in [-0.25, -0.2) is 4.98 Å². The second-order valence-corrected chi connectivity index (χ2v) is 4.60. The normalized spacial score (nSPS) is 19.3. The van der Waals surface area contributed by atoms with E-state index >= 15 is 0 Å². The summed E-state index contributed by atoms with van der Waals surface area (Å²) in [5, 5.41) is 3.36. The minimum Gasteiger partial charge on any atom is -0.314 e. The Bertz CT molecular complexity index is 361. The summed E-state index contributed by atoms with van der Waals surface area (Å²) in [6, 6.07) is 4.33. The van der Waals surface area contributed by atoms with Crippen LogP contribution in [0.15, 0.2) is 35.6 Å². The number of hydrogen-bond donors (Lipinski definition) is 1. The Morgan fingerprint density at radius 3 is 2.88 bits per heavy atom. The smallest absolute Gasteiger partial charge is 0.111 e. The van der Waals surface area contributed by atoms with Crippen LogP contribution in [0.3, 0.4) is 0 Å². The highest BCUT2D eigenvalue weighted by molar-refractivity contribution is 9.10. The summed E-state index contributed by atoms with van der Waals surface area (Å²) in [7, 11) is 0. The topological polar surface area (TPSA) is 28.2 Å². The summed E-state index contributed by atoms with van der Waals surface area (Å²) in [6.07, 6.45) is 3.79. The molecule has 2 rings (SSSR count). The van der Waals surface area contributed by atoms with Gasteiger partial charge in [-0.3, -0.25) is 4.90 Å². The molecule has 0 amide bonds. The maximum Gasteiger partial charge on any atom is 0.111 e. The summed E-state index contributed by atoms with van der Waals surface area (Å²) < 4.78 is 0.915. The van der Waals surface area contributed by atoms with Crippen LogP contribution >= 0.6 is 15.9 Å². The van der Waals surface area contributed by atoms with E-state index in [0.29, 0.717) is 0 Å². The molecule has 1 atom stereocenters. The molecule has 1 fully saturated rings. The van der Waals surface area contributed by atoms with Gasteiger partial charge in [-0.05, 0) is 22.0 Å². The summed E-state index contributed by atoms with van der Waals surface area (Å²) in [5.74, 6) is 0. The molecule has 1 aromatic rings. The Kier molecular flexibility index (Phi) is 4.09. The van der Waals surface area contributed by atoms with Crippen LogP contribution in [0.25, 0.3) is 0 Å². The fourth-order valence-electron chi connectivity index (χ4n) is 2.05. The summed E-state index contributed by atoms with van der Waals surface area (Å²) in [6.45, 7) is 8.14. The quantitative estimate of drug-likeness (QED) is 0.678. The largest absolute Gasteiger partial charge is 0.314 e. The molecule has 1 N–H and O–H groups in total. The molecule has 0 aromatic carbocycles. The van der Waals surface area contributed by atoms with Crippen LogP contribution in [0.1, 0.15) is 11.6 Å². The molecule has 0 spiro atoms. The molecule has 1 aliphatic rings. The van der Waals surface area contributed by atoms with Crippen molar-refractivity contribution in [3.05, 3.63) is 41.2 Å². The van der Waals surface area contributed by atoms with Crippen molar-refractivity contribution >= 4 is 15.9 Å². The van der Waals surface area contributed by atoms with E-state index in [4.69, 9.17) is 0 Å². The van der Waals surface area contributed by atoms with E-state index in [2.05, 4.69) is 43.8 Å². The van der Waals surface area contributed by atoms with Gasteiger partial charge in [0.2, 0.25) is 0 Å². The van der Waals surface area contributed by atoms with Gasteiger partial charge in [0, 0.05) is 37.9 Å². The van der Waals surface area contributed by atoms with Crippen LogP contribution in [-0.4, -0.2) is 36.1 Å². The monoisotopic (exact) mass is 281 g/mol. The zero-order valence-electron chi connectivity index (χ0n) is 9.19. The average molecular weight is 282 g/mol. The first-order chi connectivity index (χ1) is 7.83. The Morgan fingerprint density at radius 1 is 1.50 bits per heavy atom. The fourth-order valence-corrected chi connectivity index (χ4v) is 2.54. The van der Waals surface area contributed by atoms with Crippen molar-refractivity contribution in [2.45, 2.75) is 6.04 Å². The number of hydrogen-bond acceptors (Lipinski definition) is 3. The second kappa shape index (κ2) is 5.57. The molecule has 1 saturated heterocycles. The Labute approximate surface area is 105 Å². The van der Waals surface area contributed by atoms with E-state index in [1.165, 1.54) is 5.56 Å². The standard InChI is InChI=1S/C12H16BrN3/c1-2-11(16-8-6-14-7-9-16)10-4-3-5-15-12(10)13/h2-5,11,14H,1,6-9H2/t11-/m1/s1. The van der Waals surface area contributed by atoms with Crippen LogP contribution in [0.4, 0.5) is 0 Å². The number of nitrogens with one attached hydrogen (secondary N) is 1. The average Bonchev–Trinajstić information content (AvgIpc) is 2.34. The van der Waals surface area contributed by atoms with Crippen molar-refractivity contribution in [2.75, 3.05) is 26.2 Å². The SMILES string of the molecule is C=C[C@H](c1cccnc1Br)N1CCNCC1. The Morgan fingerprint density at radius 2 is 2.25 bits per heavy atom. The Balaban J connectivity index is 2.21. The highest BCUT2D eigenvalue weighted by Gasteiger charge is 2.21. The van der Waals surface area contributed by atoms with E-state index in [0.717, 1.165) is 30.8 Å². The van der Waals surface area contributed by atoms with Gasteiger partial charge in [-0.2, -0.15) is 0 Å². The van der Waals surface area contributed by atoms with Crippen molar-refractivity contribution < 1.29 is 0 Å². The van der Waals surface area contributed by atoms with Crippen molar-refractivity contribution in [2.24, 2.45) is 0 Å². The first kappa shape index (κ1) is 11.8. The Hall–Kier alpha value is -0.710. The van der Waals surface area contributed by atoms with Gasteiger partial charge < -0.3 is 5.32 Å². The highest BCUT2D eigenvalue weighted by atomic mass is 79.9. The molecule has 86 valence electrons. The molecule has 16 heavy (non-hydrogen) atoms. The van der Waals surface area contributed by atoms with Crippen LogP contribution < -0.4 is 5.32 Å². The van der Waals surface area contributed by atoms with Gasteiger partial charge in [0.05, 0.1) is 6.04 Å². The zero-order chi connectivity index (χ0) is 11.4. The first-order valence-electron chi connectivity index (χ1n) is 5.50. The van der Waals surface area contributed by atoms with Crippen LogP contribution in [0.5, 0.6) is 0 Å². The number of piperazine rings is 1. The molecule has 0 bridgehead atoms. The molecule has 0 radical (unpaired) electrons. The van der Waals surface area contributed by atoms with E-state index in [1.807, 2.05) is 12.1 Å². The molecule has 4 heteroatoms. The maximum atomic E-state index is 4.27. The lowest BCUT2D eigenvalue weighted by Gasteiger charge is -2.33. The number of aromatic nitrogens is 1. The maximum absolute atomic E-state index is 4.27. The van der Waals surface area contributed by atoms with Gasteiger partial charge in [-0.1, -0.05) is 12.1 Å². The highest BCUT2D eigenvalue weighted by Crippen LogP contribution is 2.27. The molecule has 3 nitrogen and oxygen atoms in total. The van der Waals surface area contributed by atoms with Crippen LogP contribution in [0, 0.1) is 0 Å². The molecule has 0 aliphatic carbocycles. The summed E-state index contributed by atoms with van der Waals surface area (Å²) in [4.78, 5) is 6.69. The second-order valence-electron chi connectivity index (χ2n) is 3.85. The van der Waals surface area contributed by atoms with Gasteiger partial charge in [-0.15, -0.1) is 6.58 Å². The minimum atomic E-state index is 0.255. The molecular weight excluding hydrogens is 266 g/mol. The van der Waals surface area contributed by atoms with Crippen molar-refractivity contribution in [1.29, 1.82) is 0 Å². The van der Waals surface area contributed by atoms with Crippen LogP contribution in [-0.2, 0) is 0 Å². The van der Waals surface area contributed by atoms with Crippen molar-refractivity contribution in [1.82, 2.24) is 15.2 Å². The van der Waals surface area contributed by atoms with E-state index in [1.54, 1.807) is 6.20 Å². The van der Waals surface area contributed by atoms with E-state index in [-0.39, 0.29) is 6.04 Å². The third kappa shape index (κ3) is 2.51. The molecule has 0 saturated carbocycles. The molecule has 0 unspecified atom stereocenters. The number of halogens is 1. The molecular formula is C12H16BrN3. The minimum absolute atomic E-state index is 0.255. The van der Waals surface area contributed by atoms with Gasteiger partial charge >= 0.3 is 0 Å². The zero-order valence-corrected chi connectivity index (χ0v) is 10.8. The van der Waals surface area contributed by atoms with Gasteiger partial charge in [0.25, 0.3) is 0 Å². The number of nitrogens with zero attached hydrogens (tertiary/aromatic N) is 2. The third-order valence-electron chi connectivity index (χ3n) is 2.87. The van der Waals surface area contributed by atoms with Gasteiger partial charge in [0.15, 0.2) is 0 Å². The van der Waals surface area contributed by atoms with Crippen molar-refractivity contribution in [3.63, 3.8) is 0 Å². The fraction of sp³-hybridized carbons (Fsp3) is 0.417. The third-order valence-corrected chi connectivity index (χ3v) is 3.54. The molecule has 1 aliphatic heterocycles. The first-order valence-corrected chi connectivity index (χ1v) is 6.30. The number of rotatable bonds is 3. The van der Waals surface area contributed by atoms with E-state index < -0.39 is 0 Å². The predicted molar refractivity (Wildman–Crippen MR) is 69.3 cm³/mol. The summed E-state index contributed by atoms with van der Waals surface area (Å²) in [5.41, 5.74) is 1.19. The summed E-state index contributed by atoms with van der Waals surface area (Å²) >= 11 is 3.50. The molecule has 2 heterocycles. The number of pyridine rings is 1. The molecule has 1 aromatic heterocycles. The predicted octanol–water partition coefficient (Wildman–Crippen LogP) is 1.98.